The molecule has 0 aromatic carbocycles. The average molecular weight is 255 g/mol. The van der Waals surface area contributed by atoms with E-state index in [4.69, 9.17) is 5.73 Å². The summed E-state index contributed by atoms with van der Waals surface area (Å²) in [7, 11) is 0. The van der Waals surface area contributed by atoms with Crippen LogP contribution in [0.1, 0.15) is 52.4 Å². The summed E-state index contributed by atoms with van der Waals surface area (Å²) in [6.45, 7) is 8.32. The molecule has 18 heavy (non-hydrogen) atoms. The summed E-state index contributed by atoms with van der Waals surface area (Å²) in [5.41, 5.74) is 5.97. The lowest BCUT2D eigenvalue weighted by Gasteiger charge is -2.23. The molecule has 0 aromatic rings. The fourth-order valence-electron chi connectivity index (χ4n) is 2.71. The topological polar surface area (TPSA) is 58.4 Å². The van der Waals surface area contributed by atoms with Gasteiger partial charge in [0.2, 0.25) is 5.91 Å². The maximum atomic E-state index is 11.8. The molecule has 1 aliphatic rings. The Morgan fingerprint density at radius 1 is 1.28 bits per heavy atom. The van der Waals surface area contributed by atoms with Gasteiger partial charge in [-0.25, -0.2) is 0 Å². The maximum Gasteiger partial charge on any atom is 0.221 e. The summed E-state index contributed by atoms with van der Waals surface area (Å²) in [4.78, 5) is 14.2. The van der Waals surface area contributed by atoms with Crippen molar-refractivity contribution in [3.63, 3.8) is 0 Å². The summed E-state index contributed by atoms with van der Waals surface area (Å²) in [5.74, 6) is 0.124. The minimum Gasteiger partial charge on any atom is -0.356 e. The highest BCUT2D eigenvalue weighted by Gasteiger charge is 2.31. The SMILES string of the molecule is CCN(CC)CCCNC(=O)CC1(N)CCCC1. The Kier molecular flexibility index (Phi) is 6.65. The molecule has 106 valence electrons. The fourth-order valence-corrected chi connectivity index (χ4v) is 2.71. The van der Waals surface area contributed by atoms with Crippen LogP contribution in [-0.4, -0.2) is 42.5 Å². The summed E-state index contributed by atoms with van der Waals surface area (Å²) in [6.07, 6.45) is 5.86. The molecule has 0 atom stereocenters. The first-order chi connectivity index (χ1) is 8.59. The van der Waals surface area contributed by atoms with Crippen molar-refractivity contribution in [2.45, 2.75) is 57.9 Å². The van der Waals surface area contributed by atoms with Crippen molar-refractivity contribution in [1.29, 1.82) is 0 Å². The van der Waals surface area contributed by atoms with Crippen LogP contribution in [0, 0.1) is 0 Å². The largest absolute Gasteiger partial charge is 0.356 e. The third-order valence-electron chi connectivity index (χ3n) is 3.98. The normalized spacial score (nSPS) is 18.2. The van der Waals surface area contributed by atoms with E-state index in [1.807, 2.05) is 0 Å². The van der Waals surface area contributed by atoms with Gasteiger partial charge in [-0.15, -0.1) is 0 Å². The van der Waals surface area contributed by atoms with Gasteiger partial charge >= 0.3 is 0 Å². The third kappa shape index (κ3) is 5.36. The van der Waals surface area contributed by atoms with Gasteiger partial charge in [-0.3, -0.25) is 4.79 Å². The number of rotatable bonds is 8. The van der Waals surface area contributed by atoms with Crippen LogP contribution < -0.4 is 11.1 Å². The molecule has 0 aliphatic heterocycles. The standard InChI is InChI=1S/C14H29N3O/c1-3-17(4-2)11-7-10-16-13(18)12-14(15)8-5-6-9-14/h3-12,15H2,1-2H3,(H,16,18). The molecule has 1 saturated carbocycles. The van der Waals surface area contributed by atoms with Gasteiger partial charge in [-0.05, 0) is 38.9 Å². The summed E-state index contributed by atoms with van der Waals surface area (Å²) >= 11 is 0. The lowest BCUT2D eigenvalue weighted by atomic mass is 9.94. The molecule has 4 heteroatoms. The van der Waals surface area contributed by atoms with Crippen molar-refractivity contribution in [3.8, 4) is 0 Å². The minimum absolute atomic E-state index is 0.124. The van der Waals surface area contributed by atoms with E-state index in [0.717, 1.165) is 45.4 Å². The summed E-state index contributed by atoms with van der Waals surface area (Å²) < 4.78 is 0. The van der Waals surface area contributed by atoms with Crippen molar-refractivity contribution in [2.24, 2.45) is 5.73 Å². The van der Waals surface area contributed by atoms with Crippen LogP contribution in [0.25, 0.3) is 0 Å². The van der Waals surface area contributed by atoms with E-state index in [-0.39, 0.29) is 11.4 Å². The Hall–Kier alpha value is -0.610. The van der Waals surface area contributed by atoms with Gasteiger partial charge in [0.15, 0.2) is 0 Å². The molecule has 1 aliphatic carbocycles. The predicted octanol–water partition coefficient (Wildman–Crippen LogP) is 1.50. The van der Waals surface area contributed by atoms with Gasteiger partial charge in [-0.2, -0.15) is 0 Å². The zero-order valence-corrected chi connectivity index (χ0v) is 12.0. The van der Waals surface area contributed by atoms with Gasteiger partial charge in [0.05, 0.1) is 0 Å². The van der Waals surface area contributed by atoms with E-state index in [9.17, 15) is 4.79 Å². The monoisotopic (exact) mass is 255 g/mol. The molecule has 0 spiro atoms. The van der Waals surface area contributed by atoms with Crippen molar-refractivity contribution in [2.75, 3.05) is 26.2 Å². The lowest BCUT2D eigenvalue weighted by molar-refractivity contribution is -0.122. The van der Waals surface area contributed by atoms with Crippen LogP contribution in [0.2, 0.25) is 0 Å². The average Bonchev–Trinajstić information content (AvgIpc) is 2.76. The van der Waals surface area contributed by atoms with Crippen molar-refractivity contribution < 1.29 is 4.79 Å². The molecule has 1 rings (SSSR count). The van der Waals surface area contributed by atoms with E-state index in [0.29, 0.717) is 6.42 Å². The number of amides is 1. The minimum atomic E-state index is -0.219. The van der Waals surface area contributed by atoms with Crippen LogP contribution in [0.15, 0.2) is 0 Å². The van der Waals surface area contributed by atoms with Crippen LogP contribution in [0.3, 0.4) is 0 Å². The number of hydrogen-bond donors (Lipinski definition) is 2. The van der Waals surface area contributed by atoms with Gasteiger partial charge in [0.1, 0.15) is 0 Å². The Labute approximate surface area is 111 Å². The van der Waals surface area contributed by atoms with Gasteiger partial charge in [-0.1, -0.05) is 26.7 Å². The van der Waals surface area contributed by atoms with Gasteiger partial charge in [0.25, 0.3) is 0 Å². The molecule has 0 saturated heterocycles. The maximum absolute atomic E-state index is 11.8. The van der Waals surface area contributed by atoms with Crippen molar-refractivity contribution >= 4 is 5.91 Å². The molecule has 3 N–H and O–H groups in total. The smallest absolute Gasteiger partial charge is 0.221 e. The number of nitrogens with zero attached hydrogens (tertiary/aromatic N) is 1. The van der Waals surface area contributed by atoms with E-state index in [1.54, 1.807) is 0 Å². The van der Waals surface area contributed by atoms with Gasteiger partial charge < -0.3 is 16.0 Å². The molecular weight excluding hydrogens is 226 g/mol. The molecule has 4 nitrogen and oxygen atoms in total. The third-order valence-corrected chi connectivity index (χ3v) is 3.98. The molecule has 0 radical (unpaired) electrons. The van der Waals surface area contributed by atoms with Gasteiger partial charge in [0, 0.05) is 18.5 Å². The lowest BCUT2D eigenvalue weighted by Crippen LogP contribution is -2.42. The van der Waals surface area contributed by atoms with Crippen LogP contribution in [0.4, 0.5) is 0 Å². The second kappa shape index (κ2) is 7.74. The first-order valence-corrected chi connectivity index (χ1v) is 7.37. The highest BCUT2D eigenvalue weighted by Crippen LogP contribution is 2.29. The Balaban J connectivity index is 2.10. The Morgan fingerprint density at radius 3 is 2.44 bits per heavy atom. The van der Waals surface area contributed by atoms with Crippen LogP contribution in [0.5, 0.6) is 0 Å². The highest BCUT2D eigenvalue weighted by atomic mass is 16.1. The zero-order valence-electron chi connectivity index (χ0n) is 12.0. The number of carbonyl (C=O) groups is 1. The van der Waals surface area contributed by atoms with E-state index >= 15 is 0 Å². The Bertz CT molecular complexity index is 245. The molecule has 1 amide bonds. The predicted molar refractivity (Wildman–Crippen MR) is 75.4 cm³/mol. The fraction of sp³-hybridized carbons (Fsp3) is 0.929. The number of hydrogen-bond acceptors (Lipinski definition) is 3. The van der Waals surface area contributed by atoms with E-state index in [1.165, 1.54) is 12.8 Å². The highest BCUT2D eigenvalue weighted by molar-refractivity contribution is 5.77. The zero-order chi connectivity index (χ0) is 13.4. The number of carbonyl (C=O) groups excluding carboxylic acids is 1. The number of nitrogens with one attached hydrogen (secondary N) is 1. The van der Waals surface area contributed by atoms with Crippen LogP contribution in [-0.2, 0) is 4.79 Å². The second-order valence-electron chi connectivity index (χ2n) is 5.48. The number of nitrogens with two attached hydrogens (primary N) is 1. The molecule has 0 unspecified atom stereocenters. The van der Waals surface area contributed by atoms with Crippen molar-refractivity contribution in [1.82, 2.24) is 10.2 Å². The van der Waals surface area contributed by atoms with E-state index in [2.05, 4.69) is 24.1 Å². The first kappa shape index (κ1) is 15.4. The van der Waals surface area contributed by atoms with E-state index < -0.39 is 0 Å². The molecule has 1 fully saturated rings. The molecule has 0 bridgehead atoms. The molecular formula is C14H29N3O. The van der Waals surface area contributed by atoms with Crippen molar-refractivity contribution in [3.05, 3.63) is 0 Å². The van der Waals surface area contributed by atoms with Crippen LogP contribution >= 0.6 is 0 Å². The summed E-state index contributed by atoms with van der Waals surface area (Å²) in [5, 5.41) is 2.99. The molecule has 0 heterocycles. The molecule has 0 aromatic heterocycles. The second-order valence-corrected chi connectivity index (χ2v) is 5.48. The quantitative estimate of drug-likeness (QED) is 0.646. The Morgan fingerprint density at radius 2 is 1.89 bits per heavy atom. The first-order valence-electron chi connectivity index (χ1n) is 7.37. The summed E-state index contributed by atoms with van der Waals surface area (Å²) in [6, 6.07) is 0.